The van der Waals surface area contributed by atoms with Crippen LogP contribution in [0.4, 0.5) is 0 Å². The van der Waals surface area contributed by atoms with E-state index in [1.54, 1.807) is 6.92 Å². The van der Waals surface area contributed by atoms with Gasteiger partial charge in [0.2, 0.25) is 0 Å². The number of aliphatic hydroxyl groups is 1. The van der Waals surface area contributed by atoms with E-state index in [-0.39, 0.29) is 22.7 Å². The molecule has 20 heavy (non-hydrogen) atoms. The van der Waals surface area contributed by atoms with E-state index in [0.717, 1.165) is 18.4 Å². The van der Waals surface area contributed by atoms with Crippen molar-refractivity contribution in [1.82, 2.24) is 0 Å². The van der Waals surface area contributed by atoms with Crippen molar-refractivity contribution in [2.45, 2.75) is 72.3 Å². The third-order valence-electron chi connectivity index (χ3n) is 6.02. The summed E-state index contributed by atoms with van der Waals surface area (Å²) in [6, 6.07) is 0. The van der Waals surface area contributed by atoms with Crippen LogP contribution in [0.2, 0.25) is 0 Å². The van der Waals surface area contributed by atoms with Crippen molar-refractivity contribution < 1.29 is 9.90 Å². The third-order valence-corrected chi connectivity index (χ3v) is 6.02. The number of Topliss-reactive ketones (excluding diaryl/α,β-unsaturated/α-hetero) is 1. The second-order valence-electron chi connectivity index (χ2n) is 8.05. The first-order valence-electron chi connectivity index (χ1n) is 8.03. The molecular formula is C18H30O2. The molecule has 0 aromatic heterocycles. The number of carbonyl (C=O) groups excluding carboxylic acids is 1. The maximum Gasteiger partial charge on any atom is 0.129 e. The Balaban J connectivity index is 2.32. The summed E-state index contributed by atoms with van der Waals surface area (Å²) in [6.45, 7) is 12.8. The Kier molecular flexibility index (Phi) is 4.17. The molecule has 0 spiro atoms. The van der Waals surface area contributed by atoms with Crippen molar-refractivity contribution >= 4 is 5.78 Å². The van der Waals surface area contributed by atoms with Gasteiger partial charge in [-0.25, -0.2) is 0 Å². The minimum absolute atomic E-state index is 0.103. The van der Waals surface area contributed by atoms with E-state index in [4.69, 9.17) is 0 Å². The number of hydrogen-bond donors (Lipinski definition) is 1. The molecule has 2 nitrogen and oxygen atoms in total. The second kappa shape index (κ2) is 5.29. The Labute approximate surface area is 123 Å². The van der Waals surface area contributed by atoms with E-state index < -0.39 is 0 Å². The fraction of sp³-hybridized carbons (Fsp3) is 0.833. The molecule has 114 valence electrons. The Bertz CT molecular complexity index is 410. The molecule has 0 aromatic carbocycles. The third kappa shape index (κ3) is 2.59. The van der Waals surface area contributed by atoms with Gasteiger partial charge in [0.25, 0.3) is 0 Å². The van der Waals surface area contributed by atoms with Crippen LogP contribution in [-0.2, 0) is 4.79 Å². The molecule has 2 heteroatoms. The van der Waals surface area contributed by atoms with E-state index in [9.17, 15) is 9.90 Å². The summed E-state index contributed by atoms with van der Waals surface area (Å²) in [4.78, 5) is 11.4. The van der Waals surface area contributed by atoms with Crippen molar-refractivity contribution in [2.24, 2.45) is 22.7 Å². The first-order chi connectivity index (χ1) is 9.18. The van der Waals surface area contributed by atoms with Crippen LogP contribution in [0.3, 0.4) is 0 Å². The van der Waals surface area contributed by atoms with Crippen molar-refractivity contribution in [3.63, 3.8) is 0 Å². The molecule has 0 bridgehead atoms. The standard InChI is InChI=1S/C18H30O2/c1-12-11-15(20)16-17(3,4)9-6-10-18(16,5)14(12)8-7-13(2)19/h14-16,20H,1,6-11H2,2-5H3/t14?,15?,16?,18-/m1/s1. The summed E-state index contributed by atoms with van der Waals surface area (Å²) >= 11 is 0. The molecule has 2 saturated carbocycles. The van der Waals surface area contributed by atoms with Gasteiger partial charge in [0.05, 0.1) is 6.10 Å². The minimum atomic E-state index is -0.267. The first kappa shape index (κ1) is 15.8. The lowest BCUT2D eigenvalue weighted by atomic mass is 9.46. The minimum Gasteiger partial charge on any atom is -0.392 e. The molecule has 0 heterocycles. The molecule has 4 atom stereocenters. The lowest BCUT2D eigenvalue weighted by molar-refractivity contribution is -0.125. The topological polar surface area (TPSA) is 37.3 Å². The fourth-order valence-electron chi connectivity index (χ4n) is 5.36. The van der Waals surface area contributed by atoms with Crippen molar-refractivity contribution in [3.05, 3.63) is 12.2 Å². The fourth-order valence-corrected chi connectivity index (χ4v) is 5.36. The molecule has 0 amide bonds. The molecule has 0 aliphatic heterocycles. The normalized spacial score (nSPS) is 40.2. The van der Waals surface area contributed by atoms with Gasteiger partial charge in [-0.1, -0.05) is 39.3 Å². The monoisotopic (exact) mass is 278 g/mol. The highest BCUT2D eigenvalue weighted by molar-refractivity contribution is 5.75. The van der Waals surface area contributed by atoms with Gasteiger partial charge in [0.1, 0.15) is 5.78 Å². The predicted molar refractivity (Wildman–Crippen MR) is 82.4 cm³/mol. The number of ketones is 1. The van der Waals surface area contributed by atoms with Crippen molar-refractivity contribution in [1.29, 1.82) is 0 Å². The van der Waals surface area contributed by atoms with Crippen LogP contribution >= 0.6 is 0 Å². The second-order valence-corrected chi connectivity index (χ2v) is 8.05. The number of carbonyl (C=O) groups is 1. The number of hydrogen-bond acceptors (Lipinski definition) is 2. The molecule has 0 aromatic rings. The zero-order chi connectivity index (χ0) is 15.1. The SMILES string of the molecule is C=C1CC(O)C2C(C)(C)CCC[C@]2(C)C1CCC(C)=O. The van der Waals surface area contributed by atoms with Gasteiger partial charge in [-0.3, -0.25) is 0 Å². The lowest BCUT2D eigenvalue weighted by Gasteiger charge is -2.59. The van der Waals surface area contributed by atoms with Gasteiger partial charge in [0, 0.05) is 6.42 Å². The van der Waals surface area contributed by atoms with E-state index in [2.05, 4.69) is 27.4 Å². The van der Waals surface area contributed by atoms with Crippen LogP contribution in [0, 0.1) is 22.7 Å². The average Bonchev–Trinajstić information content (AvgIpc) is 2.25. The van der Waals surface area contributed by atoms with E-state index in [1.165, 1.54) is 12.8 Å². The zero-order valence-corrected chi connectivity index (χ0v) is 13.5. The molecule has 0 radical (unpaired) electrons. The molecule has 0 saturated heterocycles. The van der Waals surface area contributed by atoms with Crippen LogP contribution in [0.1, 0.15) is 66.2 Å². The quantitative estimate of drug-likeness (QED) is 0.788. The number of fused-ring (bicyclic) bond motifs is 1. The molecule has 3 unspecified atom stereocenters. The van der Waals surface area contributed by atoms with Gasteiger partial charge in [-0.2, -0.15) is 0 Å². The average molecular weight is 278 g/mol. The molecule has 2 rings (SSSR count). The molecule has 2 fully saturated rings. The van der Waals surface area contributed by atoms with Crippen LogP contribution in [-0.4, -0.2) is 17.0 Å². The maximum atomic E-state index is 11.4. The van der Waals surface area contributed by atoms with E-state index >= 15 is 0 Å². The highest BCUT2D eigenvalue weighted by Crippen LogP contribution is 2.61. The lowest BCUT2D eigenvalue weighted by Crippen LogP contribution is -2.55. The summed E-state index contributed by atoms with van der Waals surface area (Å²) < 4.78 is 0. The Morgan fingerprint density at radius 3 is 2.60 bits per heavy atom. The molecule has 1 N–H and O–H groups in total. The number of rotatable bonds is 3. The Morgan fingerprint density at radius 1 is 1.35 bits per heavy atom. The van der Waals surface area contributed by atoms with Gasteiger partial charge in [-0.15, -0.1) is 0 Å². The first-order valence-corrected chi connectivity index (χ1v) is 8.03. The summed E-state index contributed by atoms with van der Waals surface area (Å²) in [6.07, 6.45) is 5.56. The Hall–Kier alpha value is -0.630. The van der Waals surface area contributed by atoms with Gasteiger partial charge in [-0.05, 0) is 55.3 Å². The van der Waals surface area contributed by atoms with Crippen LogP contribution in [0.15, 0.2) is 12.2 Å². The van der Waals surface area contributed by atoms with Crippen molar-refractivity contribution in [3.8, 4) is 0 Å². The molecular weight excluding hydrogens is 248 g/mol. The molecule has 2 aliphatic carbocycles. The van der Waals surface area contributed by atoms with Crippen LogP contribution < -0.4 is 0 Å². The van der Waals surface area contributed by atoms with Gasteiger partial charge >= 0.3 is 0 Å². The summed E-state index contributed by atoms with van der Waals surface area (Å²) in [5.41, 5.74) is 1.45. The smallest absolute Gasteiger partial charge is 0.129 e. The highest BCUT2D eigenvalue weighted by Gasteiger charge is 2.56. The summed E-state index contributed by atoms with van der Waals surface area (Å²) in [7, 11) is 0. The maximum absolute atomic E-state index is 11.4. The molecule has 2 aliphatic rings. The van der Waals surface area contributed by atoms with Crippen LogP contribution in [0.25, 0.3) is 0 Å². The predicted octanol–water partition coefficient (Wildman–Crippen LogP) is 4.13. The summed E-state index contributed by atoms with van der Waals surface area (Å²) in [5.74, 6) is 0.977. The zero-order valence-electron chi connectivity index (χ0n) is 13.5. The van der Waals surface area contributed by atoms with E-state index in [1.807, 2.05) is 0 Å². The highest BCUT2D eigenvalue weighted by atomic mass is 16.3. The Morgan fingerprint density at radius 2 is 2.00 bits per heavy atom. The van der Waals surface area contributed by atoms with Crippen molar-refractivity contribution in [2.75, 3.05) is 0 Å². The number of aliphatic hydroxyl groups excluding tert-OH is 1. The van der Waals surface area contributed by atoms with E-state index in [0.29, 0.717) is 24.7 Å². The van der Waals surface area contributed by atoms with Gasteiger partial charge < -0.3 is 9.90 Å². The summed E-state index contributed by atoms with van der Waals surface area (Å²) in [5, 5.41) is 10.6. The van der Waals surface area contributed by atoms with Crippen LogP contribution in [0.5, 0.6) is 0 Å². The van der Waals surface area contributed by atoms with Gasteiger partial charge in [0.15, 0.2) is 0 Å². The largest absolute Gasteiger partial charge is 0.392 e.